The van der Waals surface area contributed by atoms with Crippen LogP contribution in [0.5, 0.6) is 0 Å². The summed E-state index contributed by atoms with van der Waals surface area (Å²) in [5.41, 5.74) is 1.21. The van der Waals surface area contributed by atoms with E-state index in [1.807, 2.05) is 37.2 Å². The minimum atomic E-state index is -0.274. The molecule has 0 aliphatic rings. The molecular formula is C16H20N4O2. The number of nitrogens with zero attached hydrogens (tertiary/aromatic N) is 3. The number of amides is 1. The Morgan fingerprint density at radius 3 is 2.59 bits per heavy atom. The molecular weight excluding hydrogens is 280 g/mol. The van der Waals surface area contributed by atoms with Crippen molar-refractivity contribution in [1.82, 2.24) is 20.0 Å². The van der Waals surface area contributed by atoms with Crippen LogP contribution in [0.1, 0.15) is 16.1 Å². The van der Waals surface area contributed by atoms with E-state index in [4.69, 9.17) is 0 Å². The first-order valence-corrected chi connectivity index (χ1v) is 7.08. The van der Waals surface area contributed by atoms with Gasteiger partial charge in [0.15, 0.2) is 5.69 Å². The van der Waals surface area contributed by atoms with Crippen molar-refractivity contribution in [3.63, 3.8) is 0 Å². The predicted octanol–water partition coefficient (Wildman–Crippen LogP) is 0.832. The van der Waals surface area contributed by atoms with Crippen LogP contribution in [-0.4, -0.2) is 47.8 Å². The lowest BCUT2D eigenvalue weighted by Crippen LogP contribution is -2.34. The fourth-order valence-corrected chi connectivity index (χ4v) is 2.00. The Kier molecular flexibility index (Phi) is 5.06. The Morgan fingerprint density at radius 1 is 1.27 bits per heavy atom. The van der Waals surface area contributed by atoms with Crippen molar-refractivity contribution in [3.05, 3.63) is 58.0 Å². The minimum absolute atomic E-state index is 0.256. The summed E-state index contributed by atoms with van der Waals surface area (Å²) in [5.74, 6) is -0.274. The van der Waals surface area contributed by atoms with E-state index < -0.39 is 0 Å². The molecule has 6 heteroatoms. The summed E-state index contributed by atoms with van der Waals surface area (Å²) in [7, 11) is 3.87. The molecule has 116 valence electrons. The van der Waals surface area contributed by atoms with Crippen molar-refractivity contribution in [2.24, 2.45) is 0 Å². The lowest BCUT2D eigenvalue weighted by Gasteiger charge is -2.12. The molecule has 0 saturated heterocycles. The van der Waals surface area contributed by atoms with E-state index in [0.29, 0.717) is 17.8 Å². The van der Waals surface area contributed by atoms with E-state index in [2.05, 4.69) is 10.4 Å². The highest BCUT2D eigenvalue weighted by atomic mass is 16.2. The summed E-state index contributed by atoms with van der Waals surface area (Å²) in [6.07, 6.45) is 0. The van der Waals surface area contributed by atoms with Gasteiger partial charge in [-0.1, -0.05) is 18.2 Å². The zero-order valence-corrected chi connectivity index (χ0v) is 13.0. The standard InChI is InChI=1S/C16H20N4O2/c1-12-11-14(21)20(13-7-5-4-6-8-13)18-15(12)16(22)17-9-10-19(2)3/h4-8,11H,9-10H2,1-3H3,(H,17,22). The van der Waals surface area contributed by atoms with Gasteiger partial charge in [-0.25, -0.2) is 0 Å². The van der Waals surface area contributed by atoms with Crippen LogP contribution in [0.3, 0.4) is 0 Å². The van der Waals surface area contributed by atoms with Gasteiger partial charge in [0, 0.05) is 19.2 Å². The predicted molar refractivity (Wildman–Crippen MR) is 85.5 cm³/mol. The molecule has 1 aromatic heterocycles. The Balaban J connectivity index is 2.29. The highest BCUT2D eigenvalue weighted by Crippen LogP contribution is 2.06. The van der Waals surface area contributed by atoms with Crippen molar-refractivity contribution in [3.8, 4) is 5.69 Å². The van der Waals surface area contributed by atoms with Crippen molar-refractivity contribution < 1.29 is 4.79 Å². The number of carbonyl (C=O) groups excluding carboxylic acids is 1. The molecule has 0 aliphatic heterocycles. The lowest BCUT2D eigenvalue weighted by atomic mass is 10.2. The SMILES string of the molecule is Cc1cc(=O)n(-c2ccccc2)nc1C(=O)NCCN(C)C. The number of nitrogens with one attached hydrogen (secondary N) is 1. The van der Waals surface area contributed by atoms with Crippen LogP contribution in [0.2, 0.25) is 0 Å². The maximum atomic E-state index is 12.2. The largest absolute Gasteiger partial charge is 0.349 e. The second-order valence-electron chi connectivity index (χ2n) is 5.32. The Morgan fingerprint density at radius 2 is 1.95 bits per heavy atom. The summed E-state index contributed by atoms with van der Waals surface area (Å²) in [6.45, 7) is 2.98. The Bertz CT molecular complexity index is 708. The smallest absolute Gasteiger partial charge is 0.272 e. The number of likely N-dealkylation sites (N-methyl/N-ethyl adjacent to an activating group) is 1. The molecule has 0 aliphatic carbocycles. The topological polar surface area (TPSA) is 67.2 Å². The van der Waals surface area contributed by atoms with E-state index in [0.717, 1.165) is 6.54 Å². The van der Waals surface area contributed by atoms with Gasteiger partial charge < -0.3 is 10.2 Å². The van der Waals surface area contributed by atoms with Crippen LogP contribution in [0, 0.1) is 6.92 Å². The Labute approximate surface area is 129 Å². The van der Waals surface area contributed by atoms with Crippen molar-refractivity contribution in [1.29, 1.82) is 0 Å². The molecule has 6 nitrogen and oxygen atoms in total. The van der Waals surface area contributed by atoms with E-state index in [9.17, 15) is 9.59 Å². The molecule has 2 aromatic rings. The quantitative estimate of drug-likeness (QED) is 0.888. The zero-order valence-electron chi connectivity index (χ0n) is 13.0. The molecule has 1 heterocycles. The maximum Gasteiger partial charge on any atom is 0.272 e. The summed E-state index contributed by atoms with van der Waals surface area (Å²) >= 11 is 0. The van der Waals surface area contributed by atoms with Gasteiger partial charge in [0.05, 0.1) is 5.69 Å². The first-order valence-electron chi connectivity index (χ1n) is 7.08. The van der Waals surface area contributed by atoms with E-state index in [1.54, 1.807) is 19.1 Å². The normalized spacial score (nSPS) is 10.7. The van der Waals surface area contributed by atoms with Crippen LogP contribution < -0.4 is 10.9 Å². The molecule has 22 heavy (non-hydrogen) atoms. The number of carbonyl (C=O) groups is 1. The van der Waals surface area contributed by atoms with Gasteiger partial charge in [-0.2, -0.15) is 9.78 Å². The molecule has 0 fully saturated rings. The van der Waals surface area contributed by atoms with Crippen LogP contribution in [0.25, 0.3) is 5.69 Å². The number of aromatic nitrogens is 2. The summed E-state index contributed by atoms with van der Waals surface area (Å²) in [5, 5.41) is 7.03. The number of hydrogen-bond donors (Lipinski definition) is 1. The number of benzene rings is 1. The van der Waals surface area contributed by atoms with Crippen LogP contribution >= 0.6 is 0 Å². The first kappa shape index (κ1) is 15.9. The second-order valence-corrected chi connectivity index (χ2v) is 5.32. The summed E-state index contributed by atoms with van der Waals surface area (Å²) < 4.78 is 1.24. The molecule has 1 aromatic carbocycles. The molecule has 0 spiro atoms. The monoisotopic (exact) mass is 300 g/mol. The third kappa shape index (κ3) is 3.79. The van der Waals surface area contributed by atoms with Gasteiger partial charge in [0.25, 0.3) is 11.5 Å². The van der Waals surface area contributed by atoms with Gasteiger partial charge in [0.1, 0.15) is 0 Å². The third-order valence-electron chi connectivity index (χ3n) is 3.18. The lowest BCUT2D eigenvalue weighted by molar-refractivity contribution is 0.0943. The molecule has 2 rings (SSSR count). The highest BCUT2D eigenvalue weighted by Gasteiger charge is 2.14. The number of hydrogen-bond acceptors (Lipinski definition) is 4. The number of rotatable bonds is 5. The summed E-state index contributed by atoms with van der Waals surface area (Å²) in [4.78, 5) is 26.3. The molecule has 1 N–H and O–H groups in total. The van der Waals surface area contributed by atoms with Crippen molar-refractivity contribution >= 4 is 5.91 Å². The van der Waals surface area contributed by atoms with Crippen molar-refractivity contribution in [2.75, 3.05) is 27.2 Å². The van der Waals surface area contributed by atoms with E-state index >= 15 is 0 Å². The molecule has 0 bridgehead atoms. The zero-order chi connectivity index (χ0) is 16.1. The molecule has 0 radical (unpaired) electrons. The first-order chi connectivity index (χ1) is 10.5. The fraction of sp³-hybridized carbons (Fsp3) is 0.312. The maximum absolute atomic E-state index is 12.2. The van der Waals surface area contributed by atoms with E-state index in [1.165, 1.54) is 10.7 Å². The van der Waals surface area contributed by atoms with Gasteiger partial charge in [-0.05, 0) is 38.7 Å². The molecule has 1 amide bonds. The fourth-order valence-electron chi connectivity index (χ4n) is 2.00. The van der Waals surface area contributed by atoms with Gasteiger partial charge in [0.2, 0.25) is 0 Å². The number of para-hydroxylation sites is 1. The van der Waals surface area contributed by atoms with Crippen molar-refractivity contribution in [2.45, 2.75) is 6.92 Å². The van der Waals surface area contributed by atoms with Gasteiger partial charge in [-0.15, -0.1) is 0 Å². The van der Waals surface area contributed by atoms with Crippen LogP contribution in [-0.2, 0) is 0 Å². The third-order valence-corrected chi connectivity index (χ3v) is 3.18. The minimum Gasteiger partial charge on any atom is -0.349 e. The van der Waals surface area contributed by atoms with Crippen LogP contribution in [0.4, 0.5) is 0 Å². The second kappa shape index (κ2) is 7.00. The van der Waals surface area contributed by atoms with E-state index in [-0.39, 0.29) is 17.2 Å². The molecule has 0 unspecified atom stereocenters. The molecule has 0 atom stereocenters. The highest BCUT2D eigenvalue weighted by molar-refractivity contribution is 5.93. The van der Waals surface area contributed by atoms with Crippen LogP contribution in [0.15, 0.2) is 41.2 Å². The summed E-state index contributed by atoms with van der Waals surface area (Å²) in [6, 6.07) is 10.5. The average molecular weight is 300 g/mol. The molecule has 0 saturated carbocycles. The Hall–Kier alpha value is -2.47. The average Bonchev–Trinajstić information content (AvgIpc) is 2.47. The van der Waals surface area contributed by atoms with Gasteiger partial charge >= 0.3 is 0 Å². The number of aryl methyl sites for hydroxylation is 1. The van der Waals surface area contributed by atoms with Gasteiger partial charge in [-0.3, -0.25) is 9.59 Å².